The maximum atomic E-state index is 13.6. The van der Waals surface area contributed by atoms with Crippen LogP contribution in [0.25, 0.3) is 11.1 Å². The van der Waals surface area contributed by atoms with Crippen LogP contribution in [0, 0.1) is 0 Å². The highest BCUT2D eigenvalue weighted by molar-refractivity contribution is 5.81. The number of hydrogen-bond donors (Lipinski definition) is 3. The number of likely N-dealkylation sites (tertiary alicyclic amines) is 1. The molecule has 0 saturated carbocycles. The van der Waals surface area contributed by atoms with Crippen LogP contribution in [0.1, 0.15) is 41.9 Å². The van der Waals surface area contributed by atoms with Gasteiger partial charge in [0.05, 0.1) is 12.1 Å². The maximum absolute atomic E-state index is 13.6. The normalized spacial score (nSPS) is 16.2. The van der Waals surface area contributed by atoms with E-state index in [4.69, 9.17) is 9.84 Å². The number of carboxylic acids is 1. The number of rotatable bonds is 10. The van der Waals surface area contributed by atoms with Gasteiger partial charge in [0.15, 0.2) is 0 Å². The number of alkyl carbamates (subject to hydrolysis) is 1. The molecule has 1 saturated heterocycles. The van der Waals surface area contributed by atoms with E-state index in [0.29, 0.717) is 32.5 Å². The van der Waals surface area contributed by atoms with Crippen LogP contribution in [0.5, 0.6) is 0 Å². The number of carboxylic acid groups (broad SMARTS) is 1. The molecular weight excluding hydrogens is 544 g/mol. The molecule has 1 heterocycles. The van der Waals surface area contributed by atoms with Crippen LogP contribution in [0.4, 0.5) is 13.6 Å². The third kappa shape index (κ3) is 6.60. The predicted molar refractivity (Wildman–Crippen MR) is 152 cm³/mol. The third-order valence-corrected chi connectivity index (χ3v) is 8.09. The zero-order chi connectivity index (χ0) is 29.7. The minimum absolute atomic E-state index is 0.0904. The van der Waals surface area contributed by atoms with Gasteiger partial charge < -0.3 is 20.5 Å². The number of hydrogen-bond acceptors (Lipinski definition) is 5. The van der Waals surface area contributed by atoms with Gasteiger partial charge in [-0.25, -0.2) is 9.59 Å². The SMILES string of the molecule is O=C(CC1(NC(=O)OCC2c3ccccc3-c3ccccc32)CCN(Cc2ccccc2)CC1)NCC(F)(F)C(=O)O. The second-order valence-electron chi connectivity index (χ2n) is 11.0. The quantitative estimate of drug-likeness (QED) is 0.320. The number of nitrogens with zero attached hydrogens (tertiary/aromatic N) is 1. The zero-order valence-electron chi connectivity index (χ0n) is 23.0. The van der Waals surface area contributed by atoms with Crippen molar-refractivity contribution in [3.8, 4) is 11.1 Å². The summed E-state index contributed by atoms with van der Waals surface area (Å²) in [6, 6.07) is 25.8. The fourth-order valence-electron chi connectivity index (χ4n) is 5.83. The van der Waals surface area contributed by atoms with Crippen LogP contribution >= 0.6 is 0 Å². The largest absolute Gasteiger partial charge is 0.477 e. The number of carbonyl (C=O) groups excluding carboxylic acids is 2. The number of carbonyl (C=O) groups is 3. The molecule has 42 heavy (non-hydrogen) atoms. The van der Waals surface area contributed by atoms with Crippen molar-refractivity contribution in [2.75, 3.05) is 26.2 Å². The predicted octanol–water partition coefficient (Wildman–Crippen LogP) is 4.79. The Morgan fingerprint density at radius 1 is 0.905 bits per heavy atom. The van der Waals surface area contributed by atoms with Crippen LogP contribution in [0.2, 0.25) is 0 Å². The van der Waals surface area contributed by atoms with E-state index >= 15 is 0 Å². The lowest BCUT2D eigenvalue weighted by Crippen LogP contribution is -2.57. The van der Waals surface area contributed by atoms with E-state index in [2.05, 4.69) is 10.2 Å². The van der Waals surface area contributed by atoms with E-state index in [1.54, 1.807) is 0 Å². The molecule has 0 spiro atoms. The summed E-state index contributed by atoms with van der Waals surface area (Å²) in [5.74, 6) is -7.33. The van der Waals surface area contributed by atoms with Gasteiger partial charge in [-0.05, 0) is 40.7 Å². The Kier molecular flexibility index (Phi) is 8.54. The molecule has 0 unspecified atom stereocenters. The second kappa shape index (κ2) is 12.3. The Hall–Kier alpha value is -4.31. The molecule has 0 aromatic heterocycles. The smallest absolute Gasteiger partial charge is 0.407 e. The summed E-state index contributed by atoms with van der Waals surface area (Å²) in [6.07, 6.45) is -0.219. The second-order valence-corrected chi connectivity index (χ2v) is 11.0. The van der Waals surface area contributed by atoms with Gasteiger partial charge >= 0.3 is 18.0 Å². The highest BCUT2D eigenvalue weighted by Crippen LogP contribution is 2.44. The van der Waals surface area contributed by atoms with Crippen molar-refractivity contribution in [2.24, 2.45) is 0 Å². The van der Waals surface area contributed by atoms with Crippen molar-refractivity contribution in [2.45, 2.75) is 43.2 Å². The summed E-state index contributed by atoms with van der Waals surface area (Å²) in [7, 11) is 0. The maximum Gasteiger partial charge on any atom is 0.407 e. The molecule has 3 N–H and O–H groups in total. The average Bonchev–Trinajstić information content (AvgIpc) is 3.30. The molecule has 1 fully saturated rings. The van der Waals surface area contributed by atoms with E-state index in [0.717, 1.165) is 27.8 Å². The summed E-state index contributed by atoms with van der Waals surface area (Å²) >= 11 is 0. The number of piperidine rings is 1. The summed E-state index contributed by atoms with van der Waals surface area (Å²) in [5, 5.41) is 13.6. The van der Waals surface area contributed by atoms with E-state index < -0.39 is 36.0 Å². The van der Waals surface area contributed by atoms with Gasteiger partial charge in [0.2, 0.25) is 5.91 Å². The van der Waals surface area contributed by atoms with Crippen molar-refractivity contribution in [3.63, 3.8) is 0 Å². The summed E-state index contributed by atoms with van der Waals surface area (Å²) in [6.45, 7) is 0.558. The lowest BCUT2D eigenvalue weighted by Gasteiger charge is -2.42. The first-order valence-corrected chi connectivity index (χ1v) is 13.9. The zero-order valence-corrected chi connectivity index (χ0v) is 23.0. The molecule has 3 aromatic carbocycles. The Morgan fingerprint density at radius 2 is 1.48 bits per heavy atom. The molecule has 0 bridgehead atoms. The fourth-order valence-corrected chi connectivity index (χ4v) is 5.83. The molecule has 10 heteroatoms. The summed E-state index contributed by atoms with van der Waals surface area (Å²) < 4.78 is 32.9. The molecule has 2 aliphatic rings. The lowest BCUT2D eigenvalue weighted by atomic mass is 9.84. The average molecular weight is 578 g/mol. The van der Waals surface area contributed by atoms with E-state index in [1.165, 1.54) is 0 Å². The Bertz CT molecular complexity index is 1400. The highest BCUT2D eigenvalue weighted by atomic mass is 19.3. The molecule has 5 rings (SSSR count). The van der Waals surface area contributed by atoms with Crippen LogP contribution in [0.3, 0.4) is 0 Å². The van der Waals surface area contributed by atoms with Crippen LogP contribution in [-0.2, 0) is 20.9 Å². The standard InChI is InChI=1S/C32H33F2N3O5/c33-32(34,29(39)40)21-35-28(38)18-31(14-16-37(17-15-31)19-22-8-2-1-3-9-22)36-30(41)42-20-27-25-12-6-4-10-23(25)24-11-5-7-13-26(24)27/h1-13,27H,14-21H2,(H,35,38)(H,36,41)(H,39,40). The number of halogens is 2. The summed E-state index contributed by atoms with van der Waals surface area (Å²) in [4.78, 5) is 38.9. The molecule has 220 valence electrons. The van der Waals surface area contributed by atoms with Gasteiger partial charge in [-0.3, -0.25) is 9.69 Å². The van der Waals surface area contributed by atoms with Gasteiger partial charge in [0, 0.05) is 32.0 Å². The molecule has 8 nitrogen and oxygen atoms in total. The van der Waals surface area contributed by atoms with Crippen molar-refractivity contribution < 1.29 is 33.0 Å². The van der Waals surface area contributed by atoms with Gasteiger partial charge in [0.25, 0.3) is 0 Å². The van der Waals surface area contributed by atoms with Gasteiger partial charge in [-0.15, -0.1) is 0 Å². The van der Waals surface area contributed by atoms with Crippen molar-refractivity contribution in [3.05, 3.63) is 95.6 Å². The molecule has 0 radical (unpaired) electrons. The highest BCUT2D eigenvalue weighted by Gasteiger charge is 2.42. The van der Waals surface area contributed by atoms with Crippen LogP contribution in [-0.4, -0.2) is 65.7 Å². The number of fused-ring (bicyclic) bond motifs is 3. The minimum Gasteiger partial charge on any atom is -0.477 e. The minimum atomic E-state index is -4.10. The molecule has 3 aromatic rings. The molecular formula is C32H33F2N3O5. The van der Waals surface area contributed by atoms with E-state index in [-0.39, 0.29) is 18.9 Å². The Morgan fingerprint density at radius 3 is 2.07 bits per heavy atom. The first-order chi connectivity index (χ1) is 20.2. The van der Waals surface area contributed by atoms with Gasteiger partial charge in [0.1, 0.15) is 6.61 Å². The van der Waals surface area contributed by atoms with Gasteiger partial charge in [-0.2, -0.15) is 8.78 Å². The Balaban J connectivity index is 1.25. The Labute approximate surface area is 242 Å². The number of aliphatic carboxylic acids is 1. The molecule has 1 aliphatic carbocycles. The van der Waals surface area contributed by atoms with Crippen molar-refractivity contribution in [1.29, 1.82) is 0 Å². The number of alkyl halides is 2. The van der Waals surface area contributed by atoms with E-state index in [1.807, 2.05) is 84.2 Å². The lowest BCUT2D eigenvalue weighted by molar-refractivity contribution is -0.164. The third-order valence-electron chi connectivity index (χ3n) is 8.09. The molecule has 1 aliphatic heterocycles. The molecule has 0 atom stereocenters. The number of benzene rings is 3. The van der Waals surface area contributed by atoms with Gasteiger partial charge in [-0.1, -0.05) is 78.9 Å². The van der Waals surface area contributed by atoms with Crippen LogP contribution < -0.4 is 10.6 Å². The van der Waals surface area contributed by atoms with Crippen molar-refractivity contribution in [1.82, 2.24) is 15.5 Å². The summed E-state index contributed by atoms with van der Waals surface area (Å²) in [5.41, 5.74) is 4.41. The van der Waals surface area contributed by atoms with E-state index in [9.17, 15) is 23.2 Å². The first kappa shape index (κ1) is 29.2. The number of ether oxygens (including phenoxy) is 1. The monoisotopic (exact) mass is 577 g/mol. The van der Waals surface area contributed by atoms with Crippen molar-refractivity contribution >= 4 is 18.0 Å². The van der Waals surface area contributed by atoms with Crippen LogP contribution in [0.15, 0.2) is 78.9 Å². The fraction of sp³-hybridized carbons (Fsp3) is 0.344. The molecule has 2 amide bonds. The first-order valence-electron chi connectivity index (χ1n) is 13.9. The number of amides is 2. The number of nitrogens with one attached hydrogen (secondary N) is 2. The topological polar surface area (TPSA) is 108 Å².